The Labute approximate surface area is 126 Å². The summed E-state index contributed by atoms with van der Waals surface area (Å²) in [5.41, 5.74) is 3.00. The van der Waals surface area contributed by atoms with E-state index in [1.165, 1.54) is 9.71 Å². The fourth-order valence-corrected chi connectivity index (χ4v) is 2.74. The van der Waals surface area contributed by atoms with Crippen LogP contribution in [0.3, 0.4) is 0 Å². The Morgan fingerprint density at radius 3 is 2.24 bits per heavy atom. The molecule has 0 saturated heterocycles. The Morgan fingerprint density at radius 2 is 1.62 bits per heavy atom. The van der Waals surface area contributed by atoms with Crippen molar-refractivity contribution in [3.63, 3.8) is 0 Å². The molecule has 0 spiro atoms. The maximum Gasteiger partial charge on any atom is 0.236 e. The molecule has 110 valence electrons. The Kier molecular flexibility index (Phi) is 4.94. The number of sulfonamides is 1. The van der Waals surface area contributed by atoms with Crippen molar-refractivity contribution in [1.29, 1.82) is 0 Å². The van der Waals surface area contributed by atoms with E-state index in [4.69, 9.17) is 0 Å². The first-order valence-electron chi connectivity index (χ1n) is 6.72. The SMILES string of the molecule is Cc1ccc(CN(C)S(=O)(=O)/C=C/c2ccccc2)cc1. The molecule has 0 heterocycles. The summed E-state index contributed by atoms with van der Waals surface area (Å²) in [6.07, 6.45) is 1.61. The van der Waals surface area contributed by atoms with Gasteiger partial charge in [0, 0.05) is 19.0 Å². The molecule has 0 bridgehead atoms. The van der Waals surface area contributed by atoms with Crippen LogP contribution < -0.4 is 0 Å². The van der Waals surface area contributed by atoms with E-state index >= 15 is 0 Å². The number of hydrogen-bond donors (Lipinski definition) is 0. The van der Waals surface area contributed by atoms with E-state index in [1.807, 2.05) is 61.5 Å². The lowest BCUT2D eigenvalue weighted by Crippen LogP contribution is -2.24. The van der Waals surface area contributed by atoms with Crippen LogP contribution in [0.15, 0.2) is 60.0 Å². The topological polar surface area (TPSA) is 37.4 Å². The third kappa shape index (κ3) is 4.55. The molecule has 0 aliphatic heterocycles. The van der Waals surface area contributed by atoms with Gasteiger partial charge in [-0.2, -0.15) is 4.31 Å². The lowest BCUT2D eigenvalue weighted by molar-refractivity contribution is 0.475. The van der Waals surface area contributed by atoms with Crippen LogP contribution in [0.25, 0.3) is 6.08 Å². The van der Waals surface area contributed by atoms with E-state index in [0.717, 1.165) is 16.7 Å². The monoisotopic (exact) mass is 301 g/mol. The second kappa shape index (κ2) is 6.70. The molecule has 0 aromatic heterocycles. The second-order valence-corrected chi connectivity index (χ2v) is 6.93. The molecule has 0 aliphatic rings. The first-order chi connectivity index (χ1) is 9.97. The lowest BCUT2D eigenvalue weighted by Gasteiger charge is -2.14. The van der Waals surface area contributed by atoms with E-state index in [1.54, 1.807) is 13.1 Å². The fourth-order valence-electron chi connectivity index (χ4n) is 1.87. The maximum atomic E-state index is 12.2. The van der Waals surface area contributed by atoms with Crippen LogP contribution in [-0.4, -0.2) is 19.8 Å². The minimum absolute atomic E-state index is 0.363. The quantitative estimate of drug-likeness (QED) is 0.848. The molecular formula is C17H19NO2S. The van der Waals surface area contributed by atoms with Gasteiger partial charge >= 0.3 is 0 Å². The molecule has 0 amide bonds. The van der Waals surface area contributed by atoms with Gasteiger partial charge < -0.3 is 0 Å². The van der Waals surface area contributed by atoms with E-state index in [-0.39, 0.29) is 0 Å². The van der Waals surface area contributed by atoms with E-state index < -0.39 is 10.0 Å². The normalized spacial score (nSPS) is 12.1. The number of aryl methyl sites for hydroxylation is 1. The first-order valence-corrected chi connectivity index (χ1v) is 8.23. The highest BCUT2D eigenvalue weighted by atomic mass is 32.2. The van der Waals surface area contributed by atoms with Gasteiger partial charge in [-0.05, 0) is 24.1 Å². The summed E-state index contributed by atoms with van der Waals surface area (Å²) >= 11 is 0. The summed E-state index contributed by atoms with van der Waals surface area (Å²) in [6.45, 7) is 2.37. The summed E-state index contributed by atoms with van der Waals surface area (Å²) in [7, 11) is -1.83. The summed E-state index contributed by atoms with van der Waals surface area (Å²) < 4.78 is 25.8. The van der Waals surface area contributed by atoms with Gasteiger partial charge in [0.25, 0.3) is 0 Å². The maximum absolute atomic E-state index is 12.2. The molecule has 2 aromatic carbocycles. The van der Waals surface area contributed by atoms with Crippen molar-refractivity contribution in [2.45, 2.75) is 13.5 Å². The molecule has 2 aromatic rings. The van der Waals surface area contributed by atoms with E-state index in [2.05, 4.69) is 0 Å². The molecule has 4 heteroatoms. The van der Waals surface area contributed by atoms with Crippen molar-refractivity contribution in [3.8, 4) is 0 Å². The van der Waals surface area contributed by atoms with Gasteiger partial charge in [0.1, 0.15) is 0 Å². The molecule has 0 atom stereocenters. The molecule has 21 heavy (non-hydrogen) atoms. The standard InChI is InChI=1S/C17H19NO2S/c1-15-8-10-17(11-9-15)14-18(2)21(19,20)13-12-16-6-4-3-5-7-16/h3-13H,14H2,1-2H3/b13-12+. The van der Waals surface area contributed by atoms with Crippen molar-refractivity contribution in [1.82, 2.24) is 4.31 Å². The minimum atomic E-state index is -3.41. The highest BCUT2D eigenvalue weighted by Gasteiger charge is 2.14. The van der Waals surface area contributed by atoms with Crippen LogP contribution in [0.2, 0.25) is 0 Å². The smallest absolute Gasteiger partial charge is 0.208 e. The summed E-state index contributed by atoms with van der Waals surface area (Å²) in [6, 6.07) is 17.2. The van der Waals surface area contributed by atoms with Gasteiger partial charge in [0.05, 0.1) is 0 Å². The third-order valence-electron chi connectivity index (χ3n) is 3.19. The first kappa shape index (κ1) is 15.5. The molecule has 0 radical (unpaired) electrons. The number of benzene rings is 2. The van der Waals surface area contributed by atoms with E-state index in [0.29, 0.717) is 6.54 Å². The number of hydrogen-bond acceptors (Lipinski definition) is 2. The highest BCUT2D eigenvalue weighted by molar-refractivity contribution is 7.92. The highest BCUT2D eigenvalue weighted by Crippen LogP contribution is 2.11. The van der Waals surface area contributed by atoms with Crippen LogP contribution in [0, 0.1) is 6.92 Å². The molecule has 0 saturated carbocycles. The van der Waals surface area contributed by atoms with Crippen molar-refractivity contribution in [2.75, 3.05) is 7.05 Å². The van der Waals surface area contributed by atoms with Crippen molar-refractivity contribution >= 4 is 16.1 Å². The van der Waals surface area contributed by atoms with Crippen molar-refractivity contribution in [2.24, 2.45) is 0 Å². The molecule has 0 aliphatic carbocycles. The lowest BCUT2D eigenvalue weighted by atomic mass is 10.1. The van der Waals surface area contributed by atoms with Gasteiger partial charge in [0.2, 0.25) is 10.0 Å². The van der Waals surface area contributed by atoms with Gasteiger partial charge in [-0.25, -0.2) is 8.42 Å². The van der Waals surface area contributed by atoms with Crippen LogP contribution in [-0.2, 0) is 16.6 Å². The molecule has 0 unspecified atom stereocenters. The molecule has 3 nitrogen and oxygen atoms in total. The third-order valence-corrected chi connectivity index (χ3v) is 4.67. The van der Waals surface area contributed by atoms with Crippen LogP contribution in [0.5, 0.6) is 0 Å². The van der Waals surface area contributed by atoms with Gasteiger partial charge in [-0.1, -0.05) is 60.2 Å². The average molecular weight is 301 g/mol. The van der Waals surface area contributed by atoms with Crippen LogP contribution in [0.1, 0.15) is 16.7 Å². The molecule has 2 rings (SSSR count). The zero-order valence-corrected chi connectivity index (χ0v) is 13.0. The zero-order valence-electron chi connectivity index (χ0n) is 12.2. The summed E-state index contributed by atoms with van der Waals surface area (Å²) in [5.74, 6) is 0. The van der Waals surface area contributed by atoms with E-state index in [9.17, 15) is 8.42 Å². The Bertz CT molecular complexity index is 704. The summed E-state index contributed by atoms with van der Waals surface area (Å²) in [5, 5.41) is 1.25. The number of nitrogens with zero attached hydrogens (tertiary/aromatic N) is 1. The van der Waals surface area contributed by atoms with Gasteiger partial charge in [0.15, 0.2) is 0 Å². The van der Waals surface area contributed by atoms with Crippen molar-refractivity contribution < 1.29 is 8.42 Å². The largest absolute Gasteiger partial charge is 0.236 e. The molecular weight excluding hydrogens is 282 g/mol. The Hall–Kier alpha value is -1.91. The van der Waals surface area contributed by atoms with Crippen LogP contribution in [0.4, 0.5) is 0 Å². The molecule has 0 fully saturated rings. The Morgan fingerprint density at radius 1 is 1.00 bits per heavy atom. The second-order valence-electron chi connectivity index (χ2n) is 5.00. The van der Waals surface area contributed by atoms with Gasteiger partial charge in [-0.15, -0.1) is 0 Å². The van der Waals surface area contributed by atoms with Crippen molar-refractivity contribution in [3.05, 3.63) is 76.7 Å². The average Bonchev–Trinajstić information content (AvgIpc) is 2.48. The minimum Gasteiger partial charge on any atom is -0.208 e. The predicted octanol–water partition coefficient (Wildman–Crippen LogP) is 3.43. The number of rotatable bonds is 5. The van der Waals surface area contributed by atoms with Crippen LogP contribution >= 0.6 is 0 Å². The zero-order chi connectivity index (χ0) is 15.3. The molecule has 0 N–H and O–H groups in total. The summed E-state index contributed by atoms with van der Waals surface area (Å²) in [4.78, 5) is 0. The predicted molar refractivity (Wildman–Crippen MR) is 87.0 cm³/mol. The fraction of sp³-hybridized carbons (Fsp3) is 0.176. The van der Waals surface area contributed by atoms with Gasteiger partial charge in [-0.3, -0.25) is 0 Å². The Balaban J connectivity index is 2.08.